The number of carbonyl (C=O) groups excluding carboxylic acids is 1. The Morgan fingerprint density at radius 3 is 2.88 bits per heavy atom. The zero-order valence-electron chi connectivity index (χ0n) is 11.2. The van der Waals surface area contributed by atoms with Crippen molar-refractivity contribution in [1.82, 2.24) is 5.32 Å². The maximum atomic E-state index is 11.6. The molecule has 4 nitrogen and oxygen atoms in total. The average Bonchev–Trinajstić information content (AvgIpc) is 2.93. The van der Waals surface area contributed by atoms with E-state index in [1.54, 1.807) is 0 Å². The van der Waals surface area contributed by atoms with E-state index in [1.807, 2.05) is 20.8 Å². The summed E-state index contributed by atoms with van der Waals surface area (Å²) < 4.78 is 10.9. The van der Waals surface area contributed by atoms with Gasteiger partial charge in [0.1, 0.15) is 5.60 Å². The highest BCUT2D eigenvalue weighted by atomic mass is 16.6. The first-order valence-corrected chi connectivity index (χ1v) is 6.42. The molecule has 2 rings (SSSR count). The minimum absolute atomic E-state index is 0.0832. The number of nitrogens with one attached hydrogen (secondary N) is 1. The van der Waals surface area contributed by atoms with Crippen molar-refractivity contribution >= 4 is 6.09 Å². The van der Waals surface area contributed by atoms with E-state index < -0.39 is 5.60 Å². The van der Waals surface area contributed by atoms with Crippen LogP contribution in [0.2, 0.25) is 0 Å². The van der Waals surface area contributed by atoms with E-state index in [1.165, 1.54) is 12.8 Å². The standard InChI is InChI=1S/C13H23NO3/c1-12(2,3)17-11(15)14-8-13(4)7-5-6-9-10(13)16-9/h9-10H,5-8H2,1-4H3,(H,14,15). The van der Waals surface area contributed by atoms with Crippen molar-refractivity contribution in [2.24, 2.45) is 5.41 Å². The van der Waals surface area contributed by atoms with Gasteiger partial charge in [0.05, 0.1) is 12.2 Å². The summed E-state index contributed by atoms with van der Waals surface area (Å²) >= 11 is 0. The Morgan fingerprint density at radius 2 is 2.24 bits per heavy atom. The lowest BCUT2D eigenvalue weighted by Gasteiger charge is -2.31. The predicted molar refractivity (Wildman–Crippen MR) is 64.9 cm³/mol. The molecule has 1 heterocycles. The molecule has 0 radical (unpaired) electrons. The quantitative estimate of drug-likeness (QED) is 0.756. The van der Waals surface area contributed by atoms with Crippen LogP contribution in [0.3, 0.4) is 0 Å². The van der Waals surface area contributed by atoms with Crippen LogP contribution in [0.5, 0.6) is 0 Å². The van der Waals surface area contributed by atoms with Crippen molar-refractivity contribution in [3.8, 4) is 0 Å². The van der Waals surface area contributed by atoms with Crippen LogP contribution >= 0.6 is 0 Å². The van der Waals surface area contributed by atoms with E-state index in [0.29, 0.717) is 18.8 Å². The van der Waals surface area contributed by atoms with E-state index >= 15 is 0 Å². The van der Waals surface area contributed by atoms with Crippen LogP contribution in [-0.4, -0.2) is 30.4 Å². The van der Waals surface area contributed by atoms with E-state index in [0.717, 1.165) is 6.42 Å². The Hall–Kier alpha value is -0.770. The van der Waals surface area contributed by atoms with Gasteiger partial charge in [-0.1, -0.05) is 13.3 Å². The van der Waals surface area contributed by atoms with Crippen LogP contribution in [-0.2, 0) is 9.47 Å². The summed E-state index contributed by atoms with van der Waals surface area (Å²) in [6.45, 7) is 8.44. The molecule has 0 aromatic heterocycles. The molecule has 1 amide bonds. The molecule has 3 atom stereocenters. The summed E-state index contributed by atoms with van der Waals surface area (Å²) in [5.41, 5.74) is -0.351. The smallest absolute Gasteiger partial charge is 0.407 e. The number of hydrogen-bond acceptors (Lipinski definition) is 3. The molecule has 1 aliphatic heterocycles. The number of rotatable bonds is 2. The molecule has 0 aromatic carbocycles. The summed E-state index contributed by atoms with van der Waals surface area (Å²) in [7, 11) is 0. The molecule has 0 spiro atoms. The van der Waals surface area contributed by atoms with Gasteiger partial charge in [0.25, 0.3) is 0 Å². The Labute approximate surface area is 103 Å². The van der Waals surface area contributed by atoms with Crippen molar-refractivity contribution in [1.29, 1.82) is 0 Å². The summed E-state index contributed by atoms with van der Waals surface area (Å²) in [4.78, 5) is 11.6. The van der Waals surface area contributed by atoms with Gasteiger partial charge in [0.2, 0.25) is 0 Å². The Morgan fingerprint density at radius 1 is 1.53 bits per heavy atom. The van der Waals surface area contributed by atoms with Gasteiger partial charge in [-0.2, -0.15) is 0 Å². The van der Waals surface area contributed by atoms with Crippen molar-refractivity contribution in [3.63, 3.8) is 0 Å². The highest BCUT2D eigenvalue weighted by molar-refractivity contribution is 5.67. The summed E-state index contributed by atoms with van der Waals surface area (Å²) in [6, 6.07) is 0. The first kappa shape index (κ1) is 12.7. The van der Waals surface area contributed by atoms with E-state index in [-0.39, 0.29) is 11.5 Å². The minimum atomic E-state index is -0.434. The van der Waals surface area contributed by atoms with Gasteiger partial charge >= 0.3 is 6.09 Å². The van der Waals surface area contributed by atoms with Crippen LogP contribution < -0.4 is 5.32 Å². The number of ether oxygens (including phenoxy) is 2. The predicted octanol–water partition coefficient (Wildman–Crippen LogP) is 2.47. The van der Waals surface area contributed by atoms with Crippen molar-refractivity contribution in [2.45, 2.75) is 64.8 Å². The number of alkyl carbamates (subject to hydrolysis) is 1. The maximum Gasteiger partial charge on any atom is 0.407 e. The maximum absolute atomic E-state index is 11.6. The SMILES string of the molecule is CC(C)(C)OC(=O)NCC1(C)CCCC2OC21. The molecule has 1 saturated heterocycles. The van der Waals surface area contributed by atoms with Crippen molar-refractivity contribution in [2.75, 3.05) is 6.54 Å². The summed E-state index contributed by atoms with van der Waals surface area (Å²) in [5.74, 6) is 0. The third kappa shape index (κ3) is 3.12. The van der Waals surface area contributed by atoms with Gasteiger partial charge in [-0.25, -0.2) is 4.79 Å². The lowest BCUT2D eigenvalue weighted by Crippen LogP contribution is -2.43. The first-order valence-electron chi connectivity index (χ1n) is 6.42. The molecular weight excluding hydrogens is 218 g/mol. The normalized spacial score (nSPS) is 36.0. The zero-order valence-corrected chi connectivity index (χ0v) is 11.2. The van der Waals surface area contributed by atoms with E-state index in [4.69, 9.17) is 9.47 Å². The fourth-order valence-electron chi connectivity index (χ4n) is 2.60. The van der Waals surface area contributed by atoms with Crippen LogP contribution in [0.25, 0.3) is 0 Å². The van der Waals surface area contributed by atoms with Crippen molar-refractivity contribution < 1.29 is 14.3 Å². The second-order valence-corrected chi connectivity index (χ2v) is 6.50. The first-order chi connectivity index (χ1) is 7.80. The van der Waals surface area contributed by atoms with Gasteiger partial charge in [-0.15, -0.1) is 0 Å². The molecule has 3 unspecified atom stereocenters. The topological polar surface area (TPSA) is 50.9 Å². The van der Waals surface area contributed by atoms with E-state index in [9.17, 15) is 4.79 Å². The third-order valence-corrected chi connectivity index (χ3v) is 3.54. The minimum Gasteiger partial charge on any atom is -0.444 e. The molecule has 1 N–H and O–H groups in total. The highest BCUT2D eigenvalue weighted by Gasteiger charge is 2.54. The van der Waals surface area contributed by atoms with Crippen LogP contribution in [0.15, 0.2) is 0 Å². The molecule has 4 heteroatoms. The van der Waals surface area contributed by atoms with Gasteiger partial charge < -0.3 is 14.8 Å². The molecule has 17 heavy (non-hydrogen) atoms. The lowest BCUT2D eigenvalue weighted by molar-refractivity contribution is 0.0489. The van der Waals surface area contributed by atoms with Gasteiger partial charge in [-0.3, -0.25) is 0 Å². The molecule has 2 aliphatic rings. The van der Waals surface area contributed by atoms with Crippen LogP contribution in [0.1, 0.15) is 47.0 Å². The number of epoxide rings is 1. The molecule has 0 aromatic rings. The summed E-state index contributed by atoms with van der Waals surface area (Å²) in [5, 5.41) is 2.87. The van der Waals surface area contributed by atoms with Gasteiger partial charge in [0, 0.05) is 12.0 Å². The molecule has 1 aliphatic carbocycles. The summed E-state index contributed by atoms with van der Waals surface area (Å²) in [6.07, 6.45) is 3.92. The molecule has 1 saturated carbocycles. The second-order valence-electron chi connectivity index (χ2n) is 6.50. The molecule has 0 bridgehead atoms. The fraction of sp³-hybridized carbons (Fsp3) is 0.923. The monoisotopic (exact) mass is 241 g/mol. The number of hydrogen-bond donors (Lipinski definition) is 1. The number of carbonyl (C=O) groups is 1. The van der Waals surface area contributed by atoms with Crippen molar-refractivity contribution in [3.05, 3.63) is 0 Å². The van der Waals surface area contributed by atoms with Crippen LogP contribution in [0, 0.1) is 5.41 Å². The second kappa shape index (κ2) is 4.16. The zero-order chi connectivity index (χ0) is 12.7. The Kier molecular flexibility index (Phi) is 3.10. The fourth-order valence-corrected chi connectivity index (χ4v) is 2.60. The van der Waals surface area contributed by atoms with E-state index in [2.05, 4.69) is 12.2 Å². The Bertz CT molecular complexity index is 310. The Balaban J connectivity index is 1.79. The highest BCUT2D eigenvalue weighted by Crippen LogP contribution is 2.48. The third-order valence-electron chi connectivity index (χ3n) is 3.54. The molecule has 98 valence electrons. The van der Waals surface area contributed by atoms with Gasteiger partial charge in [-0.05, 0) is 33.6 Å². The average molecular weight is 241 g/mol. The number of fused-ring (bicyclic) bond motifs is 1. The molecular formula is C13H23NO3. The lowest BCUT2D eigenvalue weighted by atomic mass is 9.75. The largest absolute Gasteiger partial charge is 0.444 e. The van der Waals surface area contributed by atoms with Gasteiger partial charge in [0.15, 0.2) is 0 Å². The number of amides is 1. The van der Waals surface area contributed by atoms with Crippen LogP contribution in [0.4, 0.5) is 4.79 Å². The molecule has 2 fully saturated rings.